The molecule has 0 amide bonds. The van der Waals surface area contributed by atoms with Gasteiger partial charge in [-0.15, -0.1) is 0 Å². The van der Waals surface area contributed by atoms with Crippen molar-refractivity contribution in [2.75, 3.05) is 7.11 Å². The van der Waals surface area contributed by atoms with Gasteiger partial charge in [0.25, 0.3) is 0 Å². The average Bonchev–Trinajstić information content (AvgIpc) is 2.26. The summed E-state index contributed by atoms with van der Waals surface area (Å²) in [5.41, 5.74) is 7.39. The molecule has 2 N–H and O–H groups in total. The third-order valence-electron chi connectivity index (χ3n) is 2.74. The van der Waals surface area contributed by atoms with E-state index in [0.29, 0.717) is 12.0 Å². The summed E-state index contributed by atoms with van der Waals surface area (Å²) in [4.78, 5) is 0. The van der Waals surface area contributed by atoms with E-state index in [1.54, 1.807) is 7.11 Å². The molecule has 0 aliphatic carbocycles. The van der Waals surface area contributed by atoms with Gasteiger partial charge in [-0.2, -0.15) is 0 Å². The minimum absolute atomic E-state index is 0.321. The average molecular weight is 221 g/mol. The monoisotopic (exact) mass is 221 g/mol. The molecule has 1 aromatic rings. The number of rotatable bonds is 6. The number of hydrogen-bond donors (Lipinski definition) is 1. The molecule has 0 aliphatic rings. The Morgan fingerprint density at radius 1 is 1.19 bits per heavy atom. The topological polar surface area (TPSA) is 35.2 Å². The molecule has 16 heavy (non-hydrogen) atoms. The molecule has 2 nitrogen and oxygen atoms in total. The summed E-state index contributed by atoms with van der Waals surface area (Å²) in [6, 6.07) is 8.55. The molecular weight excluding hydrogens is 198 g/mol. The lowest BCUT2D eigenvalue weighted by Crippen LogP contribution is -2.22. The van der Waals surface area contributed by atoms with E-state index in [4.69, 9.17) is 10.5 Å². The van der Waals surface area contributed by atoms with E-state index in [0.717, 1.165) is 25.0 Å². The van der Waals surface area contributed by atoms with Crippen LogP contribution in [0.15, 0.2) is 24.3 Å². The molecule has 0 bridgehead atoms. The minimum atomic E-state index is 0.321. The third-order valence-corrected chi connectivity index (χ3v) is 2.74. The molecule has 0 aliphatic heterocycles. The second-order valence-corrected chi connectivity index (χ2v) is 4.78. The van der Waals surface area contributed by atoms with Crippen LogP contribution in [-0.4, -0.2) is 13.2 Å². The Morgan fingerprint density at radius 3 is 2.31 bits per heavy atom. The highest BCUT2D eigenvalue weighted by Crippen LogP contribution is 2.14. The fourth-order valence-electron chi connectivity index (χ4n) is 1.87. The van der Waals surface area contributed by atoms with E-state index in [2.05, 4.69) is 26.0 Å². The summed E-state index contributed by atoms with van der Waals surface area (Å²) >= 11 is 0. The van der Waals surface area contributed by atoms with Gasteiger partial charge < -0.3 is 10.5 Å². The Bertz CT molecular complexity index is 292. The fourth-order valence-corrected chi connectivity index (χ4v) is 1.87. The summed E-state index contributed by atoms with van der Waals surface area (Å²) in [6.07, 6.45) is 3.22. The smallest absolute Gasteiger partial charge is 0.118 e. The standard InChI is InChI=1S/C14H23NO/c1-11(2)10-13(15)7-4-12-5-8-14(16-3)9-6-12/h5-6,8-9,11,13H,4,7,10,15H2,1-3H3. The maximum Gasteiger partial charge on any atom is 0.118 e. The molecule has 0 saturated carbocycles. The van der Waals surface area contributed by atoms with Crippen molar-refractivity contribution in [3.8, 4) is 5.75 Å². The minimum Gasteiger partial charge on any atom is -0.497 e. The molecule has 0 heterocycles. The lowest BCUT2D eigenvalue weighted by molar-refractivity contribution is 0.414. The molecule has 0 radical (unpaired) electrons. The van der Waals surface area contributed by atoms with Crippen molar-refractivity contribution in [1.29, 1.82) is 0 Å². The van der Waals surface area contributed by atoms with Gasteiger partial charge >= 0.3 is 0 Å². The lowest BCUT2D eigenvalue weighted by atomic mass is 9.98. The van der Waals surface area contributed by atoms with Gasteiger partial charge in [0.15, 0.2) is 0 Å². The van der Waals surface area contributed by atoms with Crippen LogP contribution < -0.4 is 10.5 Å². The normalized spacial score (nSPS) is 12.8. The van der Waals surface area contributed by atoms with Crippen LogP contribution in [0.2, 0.25) is 0 Å². The number of methoxy groups -OCH3 is 1. The predicted molar refractivity (Wildman–Crippen MR) is 68.7 cm³/mol. The van der Waals surface area contributed by atoms with Crippen LogP contribution in [0.4, 0.5) is 0 Å². The first-order valence-electron chi connectivity index (χ1n) is 6.00. The Hall–Kier alpha value is -1.02. The summed E-state index contributed by atoms with van der Waals surface area (Å²) in [5.74, 6) is 1.60. The molecule has 1 aromatic carbocycles. The maximum absolute atomic E-state index is 6.05. The molecule has 1 rings (SSSR count). The second-order valence-electron chi connectivity index (χ2n) is 4.78. The van der Waals surface area contributed by atoms with E-state index in [9.17, 15) is 0 Å². The Balaban J connectivity index is 2.36. The molecule has 0 aromatic heterocycles. The van der Waals surface area contributed by atoms with Crippen LogP contribution in [0.25, 0.3) is 0 Å². The van der Waals surface area contributed by atoms with Crippen LogP contribution in [0.3, 0.4) is 0 Å². The first kappa shape index (κ1) is 13.0. The number of hydrogen-bond acceptors (Lipinski definition) is 2. The molecule has 0 fully saturated rings. The SMILES string of the molecule is COc1ccc(CCC(N)CC(C)C)cc1. The van der Waals surface area contributed by atoms with Crippen molar-refractivity contribution >= 4 is 0 Å². The Labute approximate surface area is 98.8 Å². The van der Waals surface area contributed by atoms with E-state index in [-0.39, 0.29) is 0 Å². The highest BCUT2D eigenvalue weighted by Gasteiger charge is 2.05. The zero-order valence-electron chi connectivity index (χ0n) is 10.6. The van der Waals surface area contributed by atoms with Gasteiger partial charge in [0.05, 0.1) is 7.11 Å². The zero-order chi connectivity index (χ0) is 12.0. The quantitative estimate of drug-likeness (QED) is 0.801. The molecule has 1 unspecified atom stereocenters. The highest BCUT2D eigenvalue weighted by molar-refractivity contribution is 5.27. The predicted octanol–water partition coefficient (Wildman–Crippen LogP) is 3.00. The van der Waals surface area contributed by atoms with Gasteiger partial charge in [-0.25, -0.2) is 0 Å². The zero-order valence-corrected chi connectivity index (χ0v) is 10.6. The van der Waals surface area contributed by atoms with Gasteiger partial charge in [0.2, 0.25) is 0 Å². The largest absolute Gasteiger partial charge is 0.497 e. The number of aryl methyl sites for hydroxylation is 1. The van der Waals surface area contributed by atoms with Gasteiger partial charge in [-0.05, 0) is 42.9 Å². The van der Waals surface area contributed by atoms with Crippen molar-refractivity contribution in [3.05, 3.63) is 29.8 Å². The van der Waals surface area contributed by atoms with Gasteiger partial charge in [0, 0.05) is 6.04 Å². The first-order chi connectivity index (χ1) is 7.61. The molecule has 0 saturated heterocycles. The van der Waals surface area contributed by atoms with Crippen molar-refractivity contribution in [2.24, 2.45) is 11.7 Å². The van der Waals surface area contributed by atoms with Gasteiger partial charge in [-0.1, -0.05) is 26.0 Å². The molecule has 1 atom stereocenters. The van der Waals surface area contributed by atoms with Gasteiger partial charge in [-0.3, -0.25) is 0 Å². The van der Waals surface area contributed by atoms with Crippen LogP contribution in [0.5, 0.6) is 5.75 Å². The van der Waals surface area contributed by atoms with Crippen LogP contribution in [-0.2, 0) is 6.42 Å². The van der Waals surface area contributed by atoms with E-state index < -0.39 is 0 Å². The molecular formula is C14H23NO. The molecule has 90 valence electrons. The fraction of sp³-hybridized carbons (Fsp3) is 0.571. The van der Waals surface area contributed by atoms with Crippen LogP contribution in [0.1, 0.15) is 32.3 Å². The third kappa shape index (κ3) is 4.67. The second kappa shape index (κ2) is 6.54. The summed E-state index contributed by atoms with van der Waals surface area (Å²) < 4.78 is 5.12. The lowest BCUT2D eigenvalue weighted by Gasteiger charge is -2.13. The maximum atomic E-state index is 6.05. The molecule has 2 heteroatoms. The van der Waals surface area contributed by atoms with E-state index >= 15 is 0 Å². The van der Waals surface area contributed by atoms with E-state index in [1.165, 1.54) is 5.56 Å². The van der Waals surface area contributed by atoms with Crippen molar-refractivity contribution in [3.63, 3.8) is 0 Å². The van der Waals surface area contributed by atoms with Crippen molar-refractivity contribution in [2.45, 2.75) is 39.2 Å². The molecule has 0 spiro atoms. The van der Waals surface area contributed by atoms with Gasteiger partial charge in [0.1, 0.15) is 5.75 Å². The summed E-state index contributed by atoms with van der Waals surface area (Å²) in [6.45, 7) is 4.43. The number of benzene rings is 1. The Morgan fingerprint density at radius 2 is 1.81 bits per heavy atom. The van der Waals surface area contributed by atoms with Crippen LogP contribution in [0, 0.1) is 5.92 Å². The summed E-state index contributed by atoms with van der Waals surface area (Å²) in [7, 11) is 1.69. The highest BCUT2D eigenvalue weighted by atomic mass is 16.5. The number of nitrogens with two attached hydrogens (primary N) is 1. The Kier molecular flexibility index (Phi) is 5.33. The van der Waals surface area contributed by atoms with Crippen molar-refractivity contribution in [1.82, 2.24) is 0 Å². The first-order valence-corrected chi connectivity index (χ1v) is 6.00. The number of ether oxygens (including phenoxy) is 1. The van der Waals surface area contributed by atoms with Crippen molar-refractivity contribution < 1.29 is 4.74 Å². The van der Waals surface area contributed by atoms with E-state index in [1.807, 2.05) is 12.1 Å². The van der Waals surface area contributed by atoms with Crippen LogP contribution >= 0.6 is 0 Å². The summed E-state index contributed by atoms with van der Waals surface area (Å²) in [5, 5.41) is 0.